The SMILES string of the molecule is N#Cc1cn(CC(=O)N[C@@H](Cc2cc(F)cc(F)c2)c2ncccc2-c2ccc(F)c(C(N)=O)c2)nc1C(F)(F)F. The Hall–Kier alpha value is -5.19. The first-order valence-electron chi connectivity index (χ1n) is 11.7. The third kappa shape index (κ3) is 6.70. The van der Waals surface area contributed by atoms with E-state index in [0.717, 1.165) is 24.4 Å². The van der Waals surface area contributed by atoms with Gasteiger partial charge in [0.15, 0.2) is 5.69 Å². The zero-order valence-electron chi connectivity index (χ0n) is 20.7. The number of benzene rings is 2. The number of primary amides is 1. The second-order valence-electron chi connectivity index (χ2n) is 8.80. The summed E-state index contributed by atoms with van der Waals surface area (Å²) in [5, 5.41) is 14.9. The number of nitrogens with zero attached hydrogens (tertiary/aromatic N) is 4. The van der Waals surface area contributed by atoms with Crippen LogP contribution in [-0.4, -0.2) is 26.6 Å². The number of hydrogen-bond acceptors (Lipinski definition) is 5. The van der Waals surface area contributed by atoms with Gasteiger partial charge in [-0.3, -0.25) is 19.3 Å². The number of hydrogen-bond donors (Lipinski definition) is 2. The van der Waals surface area contributed by atoms with Crippen LogP contribution in [0.3, 0.4) is 0 Å². The lowest BCUT2D eigenvalue weighted by atomic mass is 9.94. The molecule has 210 valence electrons. The van der Waals surface area contributed by atoms with Crippen LogP contribution < -0.4 is 11.1 Å². The van der Waals surface area contributed by atoms with Gasteiger partial charge in [0.05, 0.1) is 17.3 Å². The van der Waals surface area contributed by atoms with Gasteiger partial charge in [-0.2, -0.15) is 23.5 Å². The highest BCUT2D eigenvalue weighted by Crippen LogP contribution is 2.32. The van der Waals surface area contributed by atoms with Crippen molar-refractivity contribution in [3.8, 4) is 17.2 Å². The number of nitrogens with one attached hydrogen (secondary N) is 1. The third-order valence-electron chi connectivity index (χ3n) is 5.87. The highest BCUT2D eigenvalue weighted by Gasteiger charge is 2.37. The van der Waals surface area contributed by atoms with Crippen LogP contribution >= 0.6 is 0 Å². The quantitative estimate of drug-likeness (QED) is 0.302. The van der Waals surface area contributed by atoms with Crippen molar-refractivity contribution in [2.45, 2.75) is 25.2 Å². The van der Waals surface area contributed by atoms with Crippen LogP contribution in [0.25, 0.3) is 11.1 Å². The summed E-state index contributed by atoms with van der Waals surface area (Å²) in [7, 11) is 0. The van der Waals surface area contributed by atoms with E-state index in [2.05, 4.69) is 15.4 Å². The van der Waals surface area contributed by atoms with Gasteiger partial charge < -0.3 is 11.1 Å². The minimum Gasteiger partial charge on any atom is -0.366 e. The van der Waals surface area contributed by atoms with E-state index < -0.39 is 64.8 Å². The van der Waals surface area contributed by atoms with E-state index in [1.807, 2.05) is 0 Å². The number of amides is 2. The lowest BCUT2D eigenvalue weighted by Gasteiger charge is -2.22. The van der Waals surface area contributed by atoms with Crippen LogP contribution in [0.2, 0.25) is 0 Å². The molecule has 2 amide bonds. The maximum absolute atomic E-state index is 14.1. The predicted octanol–water partition coefficient (Wildman–Crippen LogP) is 4.45. The van der Waals surface area contributed by atoms with E-state index in [9.17, 15) is 35.9 Å². The summed E-state index contributed by atoms with van der Waals surface area (Å²) in [4.78, 5) is 29.0. The van der Waals surface area contributed by atoms with Crippen LogP contribution in [0.4, 0.5) is 26.3 Å². The summed E-state index contributed by atoms with van der Waals surface area (Å²) in [6.07, 6.45) is -3.05. The highest BCUT2D eigenvalue weighted by atomic mass is 19.4. The molecule has 1 atom stereocenters. The summed E-state index contributed by atoms with van der Waals surface area (Å²) in [6, 6.07) is 9.49. The number of carbonyl (C=O) groups excluding carboxylic acids is 2. The molecule has 4 rings (SSSR count). The van der Waals surface area contributed by atoms with E-state index in [1.54, 1.807) is 0 Å². The van der Waals surface area contributed by atoms with Crippen molar-refractivity contribution < 1.29 is 35.9 Å². The van der Waals surface area contributed by atoms with E-state index in [4.69, 9.17) is 11.0 Å². The first kappa shape index (κ1) is 28.8. The van der Waals surface area contributed by atoms with Gasteiger partial charge in [0.25, 0.3) is 5.91 Å². The number of aromatic nitrogens is 3. The van der Waals surface area contributed by atoms with E-state index in [1.165, 1.54) is 36.5 Å². The van der Waals surface area contributed by atoms with Crippen molar-refractivity contribution in [2.24, 2.45) is 5.73 Å². The Balaban J connectivity index is 1.73. The normalized spacial score (nSPS) is 12.0. The average Bonchev–Trinajstić information content (AvgIpc) is 3.31. The maximum Gasteiger partial charge on any atom is 0.436 e. The zero-order valence-corrected chi connectivity index (χ0v) is 20.7. The molecule has 41 heavy (non-hydrogen) atoms. The molecule has 3 N–H and O–H groups in total. The maximum atomic E-state index is 14.1. The summed E-state index contributed by atoms with van der Waals surface area (Å²) in [5.74, 6) is -4.57. The summed E-state index contributed by atoms with van der Waals surface area (Å²) < 4.78 is 82.2. The monoisotopic (exact) mass is 572 g/mol. The molecule has 2 aromatic carbocycles. The lowest BCUT2D eigenvalue weighted by molar-refractivity contribution is -0.142. The second-order valence-corrected chi connectivity index (χ2v) is 8.80. The molecule has 2 aromatic heterocycles. The smallest absolute Gasteiger partial charge is 0.366 e. The van der Waals surface area contributed by atoms with Gasteiger partial charge in [0, 0.05) is 24.0 Å². The van der Waals surface area contributed by atoms with Gasteiger partial charge in [0.2, 0.25) is 5.91 Å². The van der Waals surface area contributed by atoms with Crippen molar-refractivity contribution >= 4 is 11.8 Å². The van der Waals surface area contributed by atoms with Crippen molar-refractivity contribution in [1.82, 2.24) is 20.1 Å². The Morgan fingerprint density at radius 2 is 1.78 bits per heavy atom. The molecule has 0 saturated carbocycles. The predicted molar refractivity (Wildman–Crippen MR) is 131 cm³/mol. The van der Waals surface area contributed by atoms with Crippen LogP contribution in [0.1, 0.15) is 38.9 Å². The summed E-state index contributed by atoms with van der Waals surface area (Å²) in [6.45, 7) is -0.747. The lowest BCUT2D eigenvalue weighted by Crippen LogP contribution is -2.34. The first-order chi connectivity index (χ1) is 19.3. The van der Waals surface area contributed by atoms with Crippen molar-refractivity contribution in [3.05, 3.63) is 106 Å². The Morgan fingerprint density at radius 1 is 1.07 bits per heavy atom. The Bertz CT molecular complexity index is 1660. The number of alkyl halides is 3. The van der Waals surface area contributed by atoms with Gasteiger partial charge in [-0.25, -0.2) is 13.2 Å². The van der Waals surface area contributed by atoms with Crippen LogP contribution in [0.5, 0.6) is 0 Å². The van der Waals surface area contributed by atoms with Crippen LogP contribution in [0.15, 0.2) is 60.9 Å². The van der Waals surface area contributed by atoms with Crippen molar-refractivity contribution in [2.75, 3.05) is 0 Å². The fourth-order valence-corrected chi connectivity index (χ4v) is 4.18. The van der Waals surface area contributed by atoms with E-state index in [-0.39, 0.29) is 23.2 Å². The summed E-state index contributed by atoms with van der Waals surface area (Å²) in [5.41, 5.74) is 3.38. The number of nitrogens with two attached hydrogens (primary N) is 1. The molecule has 0 bridgehead atoms. The van der Waals surface area contributed by atoms with Crippen LogP contribution in [-0.2, 0) is 23.9 Å². The third-order valence-corrected chi connectivity index (χ3v) is 5.87. The molecule has 0 aliphatic heterocycles. The average molecular weight is 572 g/mol. The molecular weight excluding hydrogens is 554 g/mol. The number of halogens is 6. The molecule has 0 aliphatic carbocycles. The molecule has 8 nitrogen and oxygen atoms in total. The zero-order chi connectivity index (χ0) is 29.9. The molecule has 0 spiro atoms. The summed E-state index contributed by atoms with van der Waals surface area (Å²) >= 11 is 0. The molecule has 0 aliphatic rings. The van der Waals surface area contributed by atoms with Gasteiger partial charge in [-0.1, -0.05) is 12.1 Å². The second kappa shape index (κ2) is 11.5. The molecule has 2 heterocycles. The molecule has 4 aromatic rings. The Kier molecular flexibility index (Phi) is 8.08. The number of carbonyl (C=O) groups is 2. The Morgan fingerprint density at radius 3 is 2.39 bits per heavy atom. The fourth-order valence-electron chi connectivity index (χ4n) is 4.18. The fraction of sp³-hybridized carbons (Fsp3) is 0.148. The topological polar surface area (TPSA) is 127 Å². The number of nitriles is 1. The minimum atomic E-state index is -4.93. The van der Waals surface area contributed by atoms with E-state index >= 15 is 0 Å². The molecule has 0 unspecified atom stereocenters. The molecule has 0 fully saturated rings. The van der Waals surface area contributed by atoms with Gasteiger partial charge in [-0.05, 0) is 47.9 Å². The largest absolute Gasteiger partial charge is 0.436 e. The van der Waals surface area contributed by atoms with Crippen molar-refractivity contribution in [3.63, 3.8) is 0 Å². The molecule has 0 saturated heterocycles. The number of rotatable bonds is 8. The van der Waals surface area contributed by atoms with Gasteiger partial charge in [-0.15, -0.1) is 0 Å². The van der Waals surface area contributed by atoms with Crippen LogP contribution in [0, 0.1) is 28.8 Å². The minimum absolute atomic E-state index is 0.103. The van der Waals surface area contributed by atoms with Gasteiger partial charge in [0.1, 0.15) is 35.6 Å². The molecule has 14 heteroatoms. The molecule has 0 radical (unpaired) electrons. The highest BCUT2D eigenvalue weighted by molar-refractivity contribution is 5.94. The Labute approximate surface area is 228 Å². The van der Waals surface area contributed by atoms with Gasteiger partial charge >= 0.3 is 6.18 Å². The first-order valence-corrected chi connectivity index (χ1v) is 11.7. The standard InChI is InChI=1S/C27H18F6N6O2/c28-17-6-14(7-18(29)10-17)8-22(37-23(40)13-39-12-16(11-34)25(38-39)27(31,32)33)24-19(2-1-5-36-24)15-3-4-21(30)20(9-15)26(35)41/h1-7,9-10,12,22H,8,13H2,(H2,35,41)(H,37,40)/t22-/m0/s1. The molecular formula is C27H18F6N6O2. The van der Waals surface area contributed by atoms with Crippen molar-refractivity contribution in [1.29, 1.82) is 5.26 Å². The number of pyridine rings is 1. The van der Waals surface area contributed by atoms with E-state index in [0.29, 0.717) is 16.3 Å².